The first-order valence-electron chi connectivity index (χ1n) is 8.80. The van der Waals surface area contributed by atoms with Crippen LogP contribution in [0.15, 0.2) is 35.1 Å². The number of aromatic amines is 1. The highest BCUT2D eigenvalue weighted by Crippen LogP contribution is 2.34. The van der Waals surface area contributed by atoms with Crippen molar-refractivity contribution in [3.05, 3.63) is 57.5 Å². The first-order chi connectivity index (χ1) is 12.2. The minimum Gasteiger partial charge on any atom is -0.293 e. The highest BCUT2D eigenvalue weighted by Gasteiger charge is 2.22. The van der Waals surface area contributed by atoms with Crippen molar-refractivity contribution in [3.8, 4) is 17.3 Å². The van der Waals surface area contributed by atoms with E-state index in [4.69, 9.17) is 10.2 Å². The van der Waals surface area contributed by atoms with Gasteiger partial charge in [-0.15, -0.1) is 0 Å². The van der Waals surface area contributed by atoms with Gasteiger partial charge in [0.25, 0.3) is 5.56 Å². The van der Waals surface area contributed by atoms with Crippen LogP contribution >= 0.6 is 0 Å². The van der Waals surface area contributed by atoms with Crippen LogP contribution in [0.1, 0.15) is 54.8 Å². The van der Waals surface area contributed by atoms with E-state index < -0.39 is 0 Å². The average molecular weight is 332 g/mol. The number of aromatic nitrogens is 3. The molecule has 4 rings (SSSR count). The molecule has 5 nitrogen and oxygen atoms in total. The highest BCUT2D eigenvalue weighted by molar-refractivity contribution is 5.64. The molecule has 1 aliphatic carbocycles. The van der Waals surface area contributed by atoms with Crippen LogP contribution in [0.2, 0.25) is 0 Å². The van der Waals surface area contributed by atoms with Gasteiger partial charge in [0.1, 0.15) is 0 Å². The topological polar surface area (TPSA) is 73.9 Å². The molecule has 126 valence electrons. The fourth-order valence-electron chi connectivity index (χ4n) is 3.85. The number of fused-ring (bicyclic) bond motifs is 1. The number of H-pyrrole nitrogens is 1. The molecule has 0 saturated heterocycles. The fourth-order valence-corrected chi connectivity index (χ4v) is 3.85. The lowest BCUT2D eigenvalue weighted by atomic mass is 9.86. The zero-order chi connectivity index (χ0) is 17.4. The van der Waals surface area contributed by atoms with E-state index in [1.807, 2.05) is 19.1 Å². The van der Waals surface area contributed by atoms with Gasteiger partial charge in [0, 0.05) is 28.8 Å². The summed E-state index contributed by atoms with van der Waals surface area (Å²) in [5.41, 5.74) is 4.73. The second-order valence-electron chi connectivity index (χ2n) is 6.82. The van der Waals surface area contributed by atoms with Crippen molar-refractivity contribution >= 4 is 5.65 Å². The summed E-state index contributed by atoms with van der Waals surface area (Å²) in [5.74, 6) is 0.486. The van der Waals surface area contributed by atoms with E-state index in [1.165, 1.54) is 38.2 Å². The summed E-state index contributed by atoms with van der Waals surface area (Å²) in [6.45, 7) is 2.04. The monoisotopic (exact) mass is 332 g/mol. The Balaban J connectivity index is 1.85. The Kier molecular flexibility index (Phi) is 3.89. The van der Waals surface area contributed by atoms with Gasteiger partial charge in [-0.25, -0.2) is 9.50 Å². The number of nitrogens with one attached hydrogen (secondary N) is 1. The quantitative estimate of drug-likeness (QED) is 0.773. The average Bonchev–Trinajstić information content (AvgIpc) is 3.00. The van der Waals surface area contributed by atoms with E-state index in [-0.39, 0.29) is 5.56 Å². The molecule has 3 aromatic rings. The Bertz CT molecular complexity index is 1030. The largest absolute Gasteiger partial charge is 0.293 e. The molecule has 1 N–H and O–H groups in total. The molecule has 25 heavy (non-hydrogen) atoms. The number of rotatable bonds is 2. The third-order valence-corrected chi connectivity index (χ3v) is 5.19. The molecule has 0 amide bonds. The third kappa shape index (κ3) is 2.74. The number of nitriles is 1. The normalized spacial score (nSPS) is 15.4. The Labute approximate surface area is 145 Å². The van der Waals surface area contributed by atoms with Gasteiger partial charge in [0.15, 0.2) is 5.65 Å². The van der Waals surface area contributed by atoms with Crippen LogP contribution in [-0.2, 0) is 0 Å². The molecule has 1 saturated carbocycles. The third-order valence-electron chi connectivity index (χ3n) is 5.19. The maximum atomic E-state index is 12.6. The van der Waals surface area contributed by atoms with Crippen LogP contribution in [-0.4, -0.2) is 14.6 Å². The lowest BCUT2D eigenvalue weighted by molar-refractivity contribution is 0.434. The number of nitrogens with zero attached hydrogens (tertiary/aromatic N) is 3. The van der Waals surface area contributed by atoms with Crippen LogP contribution in [0.4, 0.5) is 0 Å². The number of hydrogen-bond donors (Lipinski definition) is 1. The molecule has 0 aliphatic heterocycles. The summed E-state index contributed by atoms with van der Waals surface area (Å²) >= 11 is 0. The maximum absolute atomic E-state index is 12.6. The van der Waals surface area contributed by atoms with Crippen molar-refractivity contribution in [2.75, 3.05) is 0 Å². The van der Waals surface area contributed by atoms with Crippen LogP contribution in [0.3, 0.4) is 0 Å². The predicted octanol–water partition coefficient (Wildman–Crippen LogP) is 3.92. The van der Waals surface area contributed by atoms with Crippen LogP contribution in [0, 0.1) is 18.3 Å². The summed E-state index contributed by atoms with van der Waals surface area (Å²) in [6.07, 6.45) is 6.12. The predicted molar refractivity (Wildman–Crippen MR) is 96.5 cm³/mol. The standard InChI is InChI=1S/C20H20N4O/c1-13-19(15-7-3-2-4-8-15)23-24-18(25)11-17(22-20(13)24)16-9-5-6-14(10-16)12-21/h5-6,9-11,15,23H,2-4,7-8H2,1H3. The summed E-state index contributed by atoms with van der Waals surface area (Å²) in [5, 5.41) is 12.4. The van der Waals surface area contributed by atoms with Crippen molar-refractivity contribution in [1.82, 2.24) is 14.6 Å². The van der Waals surface area contributed by atoms with Gasteiger partial charge in [0.05, 0.1) is 17.3 Å². The van der Waals surface area contributed by atoms with E-state index in [0.717, 1.165) is 16.8 Å². The minimum atomic E-state index is -0.118. The van der Waals surface area contributed by atoms with Gasteiger partial charge in [0.2, 0.25) is 0 Å². The van der Waals surface area contributed by atoms with Gasteiger partial charge in [-0.2, -0.15) is 5.26 Å². The second-order valence-corrected chi connectivity index (χ2v) is 6.82. The van der Waals surface area contributed by atoms with E-state index >= 15 is 0 Å². The Hall–Kier alpha value is -2.87. The van der Waals surface area contributed by atoms with Gasteiger partial charge >= 0.3 is 0 Å². The van der Waals surface area contributed by atoms with E-state index in [0.29, 0.717) is 22.8 Å². The molecule has 1 fully saturated rings. The van der Waals surface area contributed by atoms with E-state index in [9.17, 15) is 4.79 Å². The molecule has 5 heteroatoms. The van der Waals surface area contributed by atoms with Crippen molar-refractivity contribution in [2.24, 2.45) is 0 Å². The highest BCUT2D eigenvalue weighted by atomic mass is 16.1. The Morgan fingerprint density at radius 3 is 2.80 bits per heavy atom. The number of aryl methyl sites for hydroxylation is 1. The fraction of sp³-hybridized carbons (Fsp3) is 0.350. The first-order valence-corrected chi connectivity index (χ1v) is 8.80. The molecule has 1 aliphatic rings. The summed E-state index contributed by atoms with van der Waals surface area (Å²) in [6, 6.07) is 10.9. The van der Waals surface area contributed by atoms with Crippen LogP contribution in [0.25, 0.3) is 16.9 Å². The molecular formula is C20H20N4O. The smallest absolute Gasteiger partial charge is 0.273 e. The van der Waals surface area contributed by atoms with Gasteiger partial charge in [-0.1, -0.05) is 31.4 Å². The summed E-state index contributed by atoms with van der Waals surface area (Å²) in [4.78, 5) is 17.3. The van der Waals surface area contributed by atoms with Crippen molar-refractivity contribution in [2.45, 2.75) is 44.9 Å². The van der Waals surface area contributed by atoms with E-state index in [1.54, 1.807) is 16.6 Å². The molecule has 0 spiro atoms. The van der Waals surface area contributed by atoms with Gasteiger partial charge in [-0.3, -0.25) is 9.89 Å². The van der Waals surface area contributed by atoms with E-state index in [2.05, 4.69) is 11.2 Å². The van der Waals surface area contributed by atoms with Crippen LogP contribution in [0.5, 0.6) is 0 Å². The van der Waals surface area contributed by atoms with Gasteiger partial charge in [-0.05, 0) is 31.9 Å². The Morgan fingerprint density at radius 1 is 1.24 bits per heavy atom. The minimum absolute atomic E-state index is 0.118. The van der Waals surface area contributed by atoms with Gasteiger partial charge < -0.3 is 0 Å². The molecule has 2 aromatic heterocycles. The second kappa shape index (κ2) is 6.21. The SMILES string of the molecule is Cc1c(C2CCCCC2)[nH]n2c(=O)cc(-c3cccc(C#N)c3)nc12. The molecule has 0 radical (unpaired) electrons. The van der Waals surface area contributed by atoms with Crippen LogP contribution < -0.4 is 5.56 Å². The zero-order valence-electron chi connectivity index (χ0n) is 14.2. The molecule has 0 unspecified atom stereocenters. The number of benzene rings is 1. The van der Waals surface area contributed by atoms with Crippen molar-refractivity contribution in [3.63, 3.8) is 0 Å². The lowest BCUT2D eigenvalue weighted by Crippen LogP contribution is -2.15. The summed E-state index contributed by atoms with van der Waals surface area (Å²) < 4.78 is 1.55. The molecular weight excluding hydrogens is 312 g/mol. The Morgan fingerprint density at radius 2 is 2.04 bits per heavy atom. The lowest BCUT2D eigenvalue weighted by Gasteiger charge is -2.20. The number of hydrogen-bond acceptors (Lipinski definition) is 3. The first kappa shape index (κ1) is 15.6. The zero-order valence-corrected chi connectivity index (χ0v) is 14.2. The van der Waals surface area contributed by atoms with Crippen molar-refractivity contribution < 1.29 is 0 Å². The van der Waals surface area contributed by atoms with Crippen molar-refractivity contribution in [1.29, 1.82) is 5.26 Å². The molecule has 0 bridgehead atoms. The molecule has 2 heterocycles. The summed E-state index contributed by atoms with van der Waals surface area (Å²) in [7, 11) is 0. The molecule has 0 atom stereocenters. The molecule has 1 aromatic carbocycles. The maximum Gasteiger partial charge on any atom is 0.273 e.